The van der Waals surface area contributed by atoms with Crippen molar-refractivity contribution in [2.45, 2.75) is 51.6 Å². The van der Waals surface area contributed by atoms with Crippen LogP contribution < -0.4 is 0 Å². The molecule has 0 bridgehead atoms. The number of nitrogens with zero attached hydrogens (tertiary/aromatic N) is 1. The van der Waals surface area contributed by atoms with E-state index >= 15 is 0 Å². The number of rotatable bonds is 3. The highest BCUT2D eigenvalue weighted by Gasteiger charge is 2.24. The second-order valence-corrected chi connectivity index (χ2v) is 5.48. The molecule has 0 saturated heterocycles. The maximum Gasteiger partial charge on any atom is 0.149 e. The zero-order valence-electron chi connectivity index (χ0n) is 11.5. The van der Waals surface area contributed by atoms with Gasteiger partial charge in [0.1, 0.15) is 5.78 Å². The van der Waals surface area contributed by atoms with E-state index in [0.717, 1.165) is 25.8 Å². The summed E-state index contributed by atoms with van der Waals surface area (Å²) in [6, 6.07) is 8.73. The molecule has 1 aromatic rings. The van der Waals surface area contributed by atoms with Gasteiger partial charge >= 0.3 is 0 Å². The Morgan fingerprint density at radius 2 is 1.89 bits per heavy atom. The number of Topliss-reactive ketones (excluding diaryl/α,β-unsaturated/α-hetero) is 1. The van der Waals surface area contributed by atoms with Crippen LogP contribution in [0.5, 0.6) is 0 Å². The minimum atomic E-state index is 0.133. The van der Waals surface area contributed by atoms with Crippen LogP contribution >= 0.6 is 0 Å². The van der Waals surface area contributed by atoms with Crippen LogP contribution in [0.25, 0.3) is 0 Å². The molecule has 1 unspecified atom stereocenters. The quantitative estimate of drug-likeness (QED) is 0.761. The summed E-state index contributed by atoms with van der Waals surface area (Å²) >= 11 is 0. The van der Waals surface area contributed by atoms with Crippen molar-refractivity contribution in [1.82, 2.24) is 4.90 Å². The summed E-state index contributed by atoms with van der Waals surface area (Å²) in [5.41, 5.74) is 2.58. The minimum absolute atomic E-state index is 0.133. The van der Waals surface area contributed by atoms with Crippen molar-refractivity contribution in [3.05, 3.63) is 35.4 Å². The topological polar surface area (TPSA) is 20.3 Å². The fourth-order valence-corrected chi connectivity index (χ4v) is 2.70. The molecule has 0 spiro atoms. The molecule has 2 heteroatoms. The van der Waals surface area contributed by atoms with E-state index in [1.165, 1.54) is 24.0 Å². The predicted octanol–water partition coefficient (Wildman–Crippen LogP) is 3.33. The average Bonchev–Trinajstić information content (AvgIpc) is 2.57. The van der Waals surface area contributed by atoms with Gasteiger partial charge in [-0.15, -0.1) is 0 Å². The standard InChI is InChI=1S/C16H23NO/c1-13-8-10-14(11-9-13)12-17(2)15-6-4-3-5-7-16(15)18/h8-11,15H,3-7,12H2,1-2H3. The van der Waals surface area contributed by atoms with Crippen molar-refractivity contribution in [2.75, 3.05) is 7.05 Å². The van der Waals surface area contributed by atoms with Gasteiger partial charge in [-0.05, 0) is 32.4 Å². The molecule has 1 aliphatic carbocycles. The summed E-state index contributed by atoms with van der Waals surface area (Å²) in [7, 11) is 2.08. The van der Waals surface area contributed by atoms with Crippen molar-refractivity contribution >= 4 is 5.78 Å². The van der Waals surface area contributed by atoms with Gasteiger partial charge in [0.05, 0.1) is 6.04 Å². The Bertz CT molecular complexity index is 396. The van der Waals surface area contributed by atoms with Gasteiger partial charge in [0, 0.05) is 13.0 Å². The molecule has 1 saturated carbocycles. The van der Waals surface area contributed by atoms with Gasteiger partial charge < -0.3 is 0 Å². The highest BCUT2D eigenvalue weighted by atomic mass is 16.1. The molecule has 1 atom stereocenters. The Morgan fingerprint density at radius 3 is 2.61 bits per heavy atom. The zero-order chi connectivity index (χ0) is 13.0. The third-order valence-electron chi connectivity index (χ3n) is 3.86. The van der Waals surface area contributed by atoms with Gasteiger partial charge in [0.25, 0.3) is 0 Å². The first kappa shape index (κ1) is 13.3. The molecule has 0 heterocycles. The molecule has 0 radical (unpaired) electrons. The summed E-state index contributed by atoms with van der Waals surface area (Å²) in [6.07, 6.45) is 5.27. The van der Waals surface area contributed by atoms with E-state index in [4.69, 9.17) is 0 Å². The molecule has 0 N–H and O–H groups in total. The van der Waals surface area contributed by atoms with Crippen LogP contribution in [0.2, 0.25) is 0 Å². The van der Waals surface area contributed by atoms with Crippen LogP contribution in [0.3, 0.4) is 0 Å². The third-order valence-corrected chi connectivity index (χ3v) is 3.86. The number of carbonyl (C=O) groups is 1. The van der Waals surface area contributed by atoms with Crippen LogP contribution in [0.4, 0.5) is 0 Å². The lowest BCUT2D eigenvalue weighted by molar-refractivity contribution is -0.123. The Kier molecular flexibility index (Phi) is 4.54. The van der Waals surface area contributed by atoms with E-state index in [2.05, 4.69) is 43.1 Å². The van der Waals surface area contributed by atoms with Gasteiger partial charge in [0.15, 0.2) is 0 Å². The average molecular weight is 245 g/mol. The van der Waals surface area contributed by atoms with Crippen molar-refractivity contribution in [3.8, 4) is 0 Å². The lowest BCUT2D eigenvalue weighted by Gasteiger charge is -2.25. The van der Waals surface area contributed by atoms with Gasteiger partial charge in [0.2, 0.25) is 0 Å². The first-order valence-corrected chi connectivity index (χ1v) is 6.95. The Balaban J connectivity index is 1.99. The molecule has 98 valence electrons. The number of likely N-dealkylation sites (N-methyl/N-ethyl adjacent to an activating group) is 1. The highest BCUT2D eigenvalue weighted by Crippen LogP contribution is 2.20. The number of aryl methyl sites for hydroxylation is 1. The second kappa shape index (κ2) is 6.14. The fourth-order valence-electron chi connectivity index (χ4n) is 2.70. The van der Waals surface area contributed by atoms with E-state index in [1.54, 1.807) is 0 Å². The second-order valence-electron chi connectivity index (χ2n) is 5.48. The minimum Gasteiger partial charge on any atom is -0.298 e. The van der Waals surface area contributed by atoms with E-state index in [1.807, 2.05) is 0 Å². The zero-order valence-corrected chi connectivity index (χ0v) is 11.5. The summed E-state index contributed by atoms with van der Waals surface area (Å²) in [5, 5.41) is 0. The summed E-state index contributed by atoms with van der Waals surface area (Å²) < 4.78 is 0. The third kappa shape index (κ3) is 3.42. The fraction of sp³-hybridized carbons (Fsp3) is 0.562. The Morgan fingerprint density at radius 1 is 1.17 bits per heavy atom. The van der Waals surface area contributed by atoms with Gasteiger partial charge in [-0.2, -0.15) is 0 Å². The van der Waals surface area contributed by atoms with Crippen LogP contribution in [0.15, 0.2) is 24.3 Å². The van der Waals surface area contributed by atoms with Crippen molar-refractivity contribution < 1.29 is 4.79 Å². The van der Waals surface area contributed by atoms with Crippen LogP contribution in [0, 0.1) is 6.92 Å². The molecule has 18 heavy (non-hydrogen) atoms. The molecule has 1 fully saturated rings. The normalized spacial score (nSPS) is 21.1. The van der Waals surface area contributed by atoms with E-state index < -0.39 is 0 Å². The molecule has 1 aromatic carbocycles. The molecule has 1 aliphatic rings. The first-order chi connectivity index (χ1) is 8.66. The van der Waals surface area contributed by atoms with E-state index in [0.29, 0.717) is 5.78 Å². The first-order valence-electron chi connectivity index (χ1n) is 6.95. The monoisotopic (exact) mass is 245 g/mol. The van der Waals surface area contributed by atoms with E-state index in [-0.39, 0.29) is 6.04 Å². The Hall–Kier alpha value is -1.15. The number of ketones is 1. The van der Waals surface area contributed by atoms with Crippen LogP contribution in [-0.4, -0.2) is 23.8 Å². The number of hydrogen-bond donors (Lipinski definition) is 0. The van der Waals surface area contributed by atoms with Crippen LogP contribution in [-0.2, 0) is 11.3 Å². The maximum atomic E-state index is 12.1. The molecular formula is C16H23NO. The maximum absolute atomic E-state index is 12.1. The Labute approximate surface area is 110 Å². The largest absolute Gasteiger partial charge is 0.298 e. The molecular weight excluding hydrogens is 222 g/mol. The lowest BCUT2D eigenvalue weighted by Crippen LogP contribution is -2.37. The van der Waals surface area contributed by atoms with Crippen molar-refractivity contribution in [2.24, 2.45) is 0 Å². The number of carbonyl (C=O) groups excluding carboxylic acids is 1. The van der Waals surface area contributed by atoms with Crippen molar-refractivity contribution in [3.63, 3.8) is 0 Å². The summed E-state index contributed by atoms with van der Waals surface area (Å²) in [6.45, 7) is 2.97. The van der Waals surface area contributed by atoms with Gasteiger partial charge in [-0.25, -0.2) is 0 Å². The van der Waals surface area contributed by atoms with Gasteiger partial charge in [-0.1, -0.05) is 42.7 Å². The summed E-state index contributed by atoms with van der Waals surface area (Å²) in [5.74, 6) is 0.433. The highest BCUT2D eigenvalue weighted by molar-refractivity contribution is 5.84. The summed E-state index contributed by atoms with van der Waals surface area (Å²) in [4.78, 5) is 14.3. The molecule has 0 aliphatic heterocycles. The smallest absolute Gasteiger partial charge is 0.149 e. The SMILES string of the molecule is Cc1ccc(CN(C)C2CCCCCC2=O)cc1. The van der Waals surface area contributed by atoms with Gasteiger partial charge in [-0.3, -0.25) is 9.69 Å². The molecule has 2 nitrogen and oxygen atoms in total. The molecule has 0 aromatic heterocycles. The van der Waals surface area contributed by atoms with Crippen LogP contribution in [0.1, 0.15) is 43.2 Å². The number of hydrogen-bond acceptors (Lipinski definition) is 2. The molecule has 0 amide bonds. The predicted molar refractivity (Wildman–Crippen MR) is 74.5 cm³/mol. The molecule has 2 rings (SSSR count). The lowest BCUT2D eigenvalue weighted by atomic mass is 10.1. The number of benzene rings is 1. The van der Waals surface area contributed by atoms with E-state index in [9.17, 15) is 4.79 Å². The van der Waals surface area contributed by atoms with Crippen molar-refractivity contribution in [1.29, 1.82) is 0 Å².